The van der Waals surface area contributed by atoms with Gasteiger partial charge in [-0.25, -0.2) is 4.79 Å². The van der Waals surface area contributed by atoms with Crippen molar-refractivity contribution in [2.75, 3.05) is 6.61 Å². The van der Waals surface area contributed by atoms with Crippen LogP contribution in [-0.4, -0.2) is 41.3 Å². The van der Waals surface area contributed by atoms with E-state index < -0.39 is 41.1 Å². The minimum Gasteiger partial charge on any atom is -0.463 e. The SMILES string of the molecule is CC(C)(C)OC(=O)NC(COC(=O)CC(=O)OC(Cl)Cl)Cc1ccccc1. The summed E-state index contributed by atoms with van der Waals surface area (Å²) in [6, 6.07) is 8.80. The van der Waals surface area contributed by atoms with Crippen LogP contribution in [0.5, 0.6) is 0 Å². The number of halogens is 2. The summed E-state index contributed by atoms with van der Waals surface area (Å²) in [5.41, 5.74) is 0.266. The van der Waals surface area contributed by atoms with E-state index >= 15 is 0 Å². The van der Waals surface area contributed by atoms with E-state index in [-0.39, 0.29) is 6.61 Å². The van der Waals surface area contributed by atoms with Crippen molar-refractivity contribution >= 4 is 41.2 Å². The van der Waals surface area contributed by atoms with Gasteiger partial charge in [-0.3, -0.25) is 9.59 Å². The van der Waals surface area contributed by atoms with Gasteiger partial charge in [0.15, 0.2) is 0 Å². The third-order valence-corrected chi connectivity index (χ3v) is 3.18. The van der Waals surface area contributed by atoms with E-state index in [1.165, 1.54) is 0 Å². The molecule has 1 N–H and O–H groups in total. The third-order valence-electron chi connectivity index (χ3n) is 3.00. The van der Waals surface area contributed by atoms with Crippen molar-refractivity contribution < 1.29 is 28.6 Å². The molecule has 27 heavy (non-hydrogen) atoms. The maximum Gasteiger partial charge on any atom is 0.408 e. The van der Waals surface area contributed by atoms with Gasteiger partial charge in [0.05, 0.1) is 6.04 Å². The lowest BCUT2D eigenvalue weighted by Gasteiger charge is -2.23. The van der Waals surface area contributed by atoms with Crippen LogP contribution in [0.25, 0.3) is 0 Å². The van der Waals surface area contributed by atoms with E-state index in [2.05, 4.69) is 10.1 Å². The number of amides is 1. The first-order valence-electron chi connectivity index (χ1n) is 8.22. The Hall–Kier alpha value is -1.99. The Morgan fingerprint density at radius 2 is 1.70 bits per heavy atom. The lowest BCUT2D eigenvalue weighted by atomic mass is 10.1. The summed E-state index contributed by atoms with van der Waals surface area (Å²) in [7, 11) is 0. The molecule has 1 rings (SSSR count). The molecule has 0 aliphatic heterocycles. The first-order valence-corrected chi connectivity index (χ1v) is 9.09. The lowest BCUT2D eigenvalue weighted by molar-refractivity contribution is -0.154. The van der Waals surface area contributed by atoms with Crippen molar-refractivity contribution in [1.82, 2.24) is 5.32 Å². The molecular formula is C18H23Cl2NO6. The van der Waals surface area contributed by atoms with Gasteiger partial charge in [-0.05, 0) is 32.8 Å². The number of hydrogen-bond acceptors (Lipinski definition) is 6. The number of alkyl carbamates (subject to hydrolysis) is 1. The van der Waals surface area contributed by atoms with Gasteiger partial charge in [0.1, 0.15) is 18.6 Å². The molecule has 0 radical (unpaired) electrons. The molecule has 1 unspecified atom stereocenters. The molecule has 7 nitrogen and oxygen atoms in total. The number of hydrogen-bond donors (Lipinski definition) is 1. The predicted molar refractivity (Wildman–Crippen MR) is 100 cm³/mol. The van der Waals surface area contributed by atoms with E-state index in [0.717, 1.165) is 5.56 Å². The average molecular weight is 420 g/mol. The normalized spacial score (nSPS) is 12.2. The van der Waals surface area contributed by atoms with Crippen LogP contribution in [0.4, 0.5) is 4.79 Å². The van der Waals surface area contributed by atoms with Gasteiger partial charge in [-0.1, -0.05) is 53.5 Å². The van der Waals surface area contributed by atoms with Crippen molar-refractivity contribution in [3.05, 3.63) is 35.9 Å². The largest absolute Gasteiger partial charge is 0.463 e. The van der Waals surface area contributed by atoms with E-state index in [1.54, 1.807) is 20.8 Å². The van der Waals surface area contributed by atoms with Gasteiger partial charge >= 0.3 is 18.0 Å². The molecule has 1 amide bonds. The van der Waals surface area contributed by atoms with Crippen LogP contribution < -0.4 is 5.32 Å². The zero-order chi connectivity index (χ0) is 20.4. The number of esters is 2. The van der Waals surface area contributed by atoms with Gasteiger partial charge in [0.25, 0.3) is 5.02 Å². The summed E-state index contributed by atoms with van der Waals surface area (Å²) in [5, 5.41) is 1.31. The van der Waals surface area contributed by atoms with Crippen LogP contribution in [0.2, 0.25) is 0 Å². The molecule has 150 valence electrons. The number of benzene rings is 1. The number of alkyl halides is 2. The molecule has 0 saturated heterocycles. The summed E-state index contributed by atoms with van der Waals surface area (Å²) < 4.78 is 14.7. The van der Waals surface area contributed by atoms with Gasteiger partial charge in [0.2, 0.25) is 0 Å². The van der Waals surface area contributed by atoms with Crippen LogP contribution in [-0.2, 0) is 30.2 Å². The van der Waals surface area contributed by atoms with Crippen molar-refractivity contribution in [3.8, 4) is 0 Å². The fourth-order valence-electron chi connectivity index (χ4n) is 2.03. The van der Waals surface area contributed by atoms with Crippen molar-refractivity contribution in [2.24, 2.45) is 0 Å². The topological polar surface area (TPSA) is 90.9 Å². The fourth-order valence-corrected chi connectivity index (χ4v) is 2.23. The molecule has 0 bridgehead atoms. The summed E-state index contributed by atoms with van der Waals surface area (Å²) in [6.07, 6.45) is -0.866. The molecule has 1 aromatic carbocycles. The summed E-state index contributed by atoms with van der Waals surface area (Å²) in [6.45, 7) is 5.08. The molecule has 0 aliphatic rings. The summed E-state index contributed by atoms with van der Waals surface area (Å²) in [5.74, 6) is -1.73. The highest BCUT2D eigenvalue weighted by molar-refractivity contribution is 6.43. The van der Waals surface area contributed by atoms with Gasteiger partial charge in [-0.15, -0.1) is 0 Å². The quantitative estimate of drug-likeness (QED) is 0.300. The maximum absolute atomic E-state index is 12.0. The van der Waals surface area contributed by atoms with Crippen molar-refractivity contribution in [1.29, 1.82) is 0 Å². The fraction of sp³-hybridized carbons (Fsp3) is 0.500. The van der Waals surface area contributed by atoms with Crippen LogP contribution in [0, 0.1) is 0 Å². The second-order valence-electron chi connectivity index (χ2n) is 6.64. The molecule has 1 aromatic rings. The van der Waals surface area contributed by atoms with Crippen molar-refractivity contribution in [2.45, 2.75) is 50.3 Å². The van der Waals surface area contributed by atoms with Crippen LogP contribution in [0.1, 0.15) is 32.8 Å². The van der Waals surface area contributed by atoms with E-state index in [1.807, 2.05) is 30.3 Å². The number of carbonyl (C=O) groups excluding carboxylic acids is 3. The molecular weight excluding hydrogens is 397 g/mol. The monoisotopic (exact) mass is 419 g/mol. The Balaban J connectivity index is 2.63. The van der Waals surface area contributed by atoms with Crippen molar-refractivity contribution in [3.63, 3.8) is 0 Å². The van der Waals surface area contributed by atoms with Gasteiger partial charge < -0.3 is 19.5 Å². The molecule has 9 heteroatoms. The molecule has 0 aromatic heterocycles. The van der Waals surface area contributed by atoms with Crippen LogP contribution in [0.3, 0.4) is 0 Å². The van der Waals surface area contributed by atoms with Crippen LogP contribution >= 0.6 is 23.2 Å². The van der Waals surface area contributed by atoms with Gasteiger partial charge in [0, 0.05) is 0 Å². The van der Waals surface area contributed by atoms with E-state index in [0.29, 0.717) is 6.42 Å². The number of nitrogens with one attached hydrogen (secondary N) is 1. The number of rotatable bonds is 8. The highest BCUT2D eigenvalue weighted by atomic mass is 35.5. The highest BCUT2D eigenvalue weighted by Gasteiger charge is 2.22. The predicted octanol–water partition coefficient (Wildman–Crippen LogP) is 3.36. The number of ether oxygens (including phenoxy) is 3. The first kappa shape index (κ1) is 23.0. The molecule has 0 saturated carbocycles. The Morgan fingerprint density at radius 3 is 2.26 bits per heavy atom. The first-order chi connectivity index (χ1) is 12.5. The second kappa shape index (κ2) is 11.0. The molecule has 0 heterocycles. The molecule has 0 aliphatic carbocycles. The molecule has 0 spiro atoms. The summed E-state index contributed by atoms with van der Waals surface area (Å²) in [4.78, 5) is 35.1. The third kappa shape index (κ3) is 11.4. The zero-order valence-electron chi connectivity index (χ0n) is 15.4. The Morgan fingerprint density at radius 1 is 1.07 bits per heavy atom. The standard InChI is InChI=1S/C18H23Cl2NO6/c1-18(2,3)27-17(24)21-13(9-12-7-5-4-6-8-12)11-25-14(22)10-15(23)26-16(19)20/h4-8,13,16H,9-11H2,1-3H3,(H,21,24). The summed E-state index contributed by atoms with van der Waals surface area (Å²) >= 11 is 10.6. The minimum atomic E-state index is -1.36. The number of carbonyl (C=O) groups is 3. The lowest BCUT2D eigenvalue weighted by Crippen LogP contribution is -2.43. The Labute approximate surface area is 168 Å². The highest BCUT2D eigenvalue weighted by Crippen LogP contribution is 2.09. The Bertz CT molecular complexity index is 630. The Kier molecular flexibility index (Phi) is 9.38. The second-order valence-corrected chi connectivity index (χ2v) is 7.66. The average Bonchev–Trinajstić information content (AvgIpc) is 2.50. The molecule has 1 atom stereocenters. The van der Waals surface area contributed by atoms with Gasteiger partial charge in [-0.2, -0.15) is 0 Å². The van der Waals surface area contributed by atoms with Crippen LogP contribution in [0.15, 0.2) is 30.3 Å². The maximum atomic E-state index is 12.0. The zero-order valence-corrected chi connectivity index (χ0v) is 16.9. The van der Waals surface area contributed by atoms with E-state index in [9.17, 15) is 14.4 Å². The minimum absolute atomic E-state index is 0.147. The molecule has 0 fully saturated rings. The smallest absolute Gasteiger partial charge is 0.408 e. The van der Waals surface area contributed by atoms with E-state index in [4.69, 9.17) is 32.7 Å².